The van der Waals surface area contributed by atoms with Gasteiger partial charge in [0.2, 0.25) is 0 Å². The second kappa shape index (κ2) is 8.33. The quantitative estimate of drug-likeness (QED) is 0.636. The Hall–Kier alpha value is -3.49. The van der Waals surface area contributed by atoms with Crippen molar-refractivity contribution in [2.45, 2.75) is 18.1 Å². The minimum atomic E-state index is -3.29. The van der Waals surface area contributed by atoms with Gasteiger partial charge in [0.05, 0.1) is 18.1 Å². The molecule has 0 saturated heterocycles. The number of hydrogen-bond donors (Lipinski definition) is 2. The molecule has 0 bridgehead atoms. The molecule has 3 aromatic rings. The summed E-state index contributed by atoms with van der Waals surface area (Å²) in [5, 5.41) is 5.53. The summed E-state index contributed by atoms with van der Waals surface area (Å²) in [5.74, 6) is -0.582. The molecule has 0 atom stereocenters. The van der Waals surface area contributed by atoms with Crippen LogP contribution < -0.4 is 10.6 Å². The van der Waals surface area contributed by atoms with Gasteiger partial charge in [-0.2, -0.15) is 0 Å². The molecule has 2 N–H and O–H groups in total. The van der Waals surface area contributed by atoms with E-state index in [1.54, 1.807) is 30.3 Å². The van der Waals surface area contributed by atoms with Gasteiger partial charge in [0.1, 0.15) is 0 Å². The van der Waals surface area contributed by atoms with Crippen molar-refractivity contribution < 1.29 is 22.7 Å². The molecule has 3 aromatic carbocycles. The zero-order chi connectivity index (χ0) is 22.0. The van der Waals surface area contributed by atoms with Crippen molar-refractivity contribution >= 4 is 33.0 Å². The molecule has 0 aliphatic carbocycles. The molecule has 1 aliphatic heterocycles. The number of benzene rings is 3. The highest BCUT2D eigenvalue weighted by molar-refractivity contribution is 7.90. The van der Waals surface area contributed by atoms with E-state index in [2.05, 4.69) is 10.6 Å². The van der Waals surface area contributed by atoms with Gasteiger partial charge in [-0.1, -0.05) is 6.07 Å². The zero-order valence-corrected chi connectivity index (χ0v) is 17.5. The van der Waals surface area contributed by atoms with E-state index in [9.17, 15) is 18.0 Å². The lowest BCUT2D eigenvalue weighted by atomic mass is 10.1. The molecule has 4 rings (SSSR count). The minimum absolute atomic E-state index is 0.182. The number of sulfone groups is 1. The van der Waals surface area contributed by atoms with Crippen molar-refractivity contribution in [3.05, 3.63) is 89.0 Å². The smallest absolute Gasteiger partial charge is 0.255 e. The highest BCUT2D eigenvalue weighted by Crippen LogP contribution is 2.22. The Morgan fingerprint density at radius 1 is 0.742 bits per heavy atom. The SMILES string of the molecule is CS(=O)(=O)c1ccc(NC(=O)c2ccc(NC(=O)c3ccc4c(c3)COC4)cc2)cc1. The van der Waals surface area contributed by atoms with Crippen molar-refractivity contribution in [3.8, 4) is 0 Å². The number of fused-ring (bicyclic) bond motifs is 1. The molecule has 0 radical (unpaired) electrons. The molecular formula is C23H20N2O5S. The van der Waals surface area contributed by atoms with Crippen LogP contribution in [0.4, 0.5) is 11.4 Å². The van der Waals surface area contributed by atoms with Crippen LogP contribution in [0, 0.1) is 0 Å². The summed E-state index contributed by atoms with van der Waals surface area (Å²) in [7, 11) is -3.29. The number of carbonyl (C=O) groups is 2. The Balaban J connectivity index is 1.39. The van der Waals surface area contributed by atoms with E-state index in [1.165, 1.54) is 24.3 Å². The summed E-state index contributed by atoms with van der Waals surface area (Å²) in [5.41, 5.74) is 4.11. The Labute approximate surface area is 180 Å². The van der Waals surface area contributed by atoms with Crippen molar-refractivity contribution in [2.75, 3.05) is 16.9 Å². The van der Waals surface area contributed by atoms with Crippen LogP contribution in [0.2, 0.25) is 0 Å². The predicted octanol–water partition coefficient (Wildman–Crippen LogP) is 3.62. The highest BCUT2D eigenvalue weighted by Gasteiger charge is 2.15. The van der Waals surface area contributed by atoms with Crippen LogP contribution in [0.5, 0.6) is 0 Å². The largest absolute Gasteiger partial charge is 0.372 e. The molecule has 0 fully saturated rings. The topological polar surface area (TPSA) is 102 Å². The summed E-state index contributed by atoms with van der Waals surface area (Å²) in [6, 6.07) is 17.9. The maximum absolute atomic E-state index is 12.5. The van der Waals surface area contributed by atoms with Gasteiger partial charge in [-0.25, -0.2) is 8.42 Å². The number of nitrogens with one attached hydrogen (secondary N) is 2. The van der Waals surface area contributed by atoms with Gasteiger partial charge in [-0.15, -0.1) is 0 Å². The average Bonchev–Trinajstić information content (AvgIpc) is 3.22. The third-order valence-electron chi connectivity index (χ3n) is 4.93. The molecule has 0 aromatic heterocycles. The van der Waals surface area contributed by atoms with Gasteiger partial charge in [0, 0.05) is 28.8 Å². The van der Waals surface area contributed by atoms with E-state index >= 15 is 0 Å². The van der Waals surface area contributed by atoms with Crippen LogP contribution in [0.3, 0.4) is 0 Å². The van der Waals surface area contributed by atoms with Crippen molar-refractivity contribution in [1.82, 2.24) is 0 Å². The summed E-state index contributed by atoms with van der Waals surface area (Å²) in [4.78, 5) is 25.1. The van der Waals surface area contributed by atoms with E-state index in [0.717, 1.165) is 17.4 Å². The first-order valence-corrected chi connectivity index (χ1v) is 11.4. The maximum atomic E-state index is 12.5. The summed E-state index contributed by atoms with van der Waals surface area (Å²) >= 11 is 0. The lowest BCUT2D eigenvalue weighted by molar-refractivity contribution is 0.101. The molecule has 8 heteroatoms. The fraction of sp³-hybridized carbons (Fsp3) is 0.130. The molecule has 2 amide bonds. The van der Waals surface area contributed by atoms with Crippen LogP contribution >= 0.6 is 0 Å². The summed E-state index contributed by atoms with van der Waals surface area (Å²) in [6.45, 7) is 1.08. The first kappa shape index (κ1) is 20.8. The molecule has 158 valence electrons. The number of amides is 2. The summed E-state index contributed by atoms with van der Waals surface area (Å²) < 4.78 is 28.4. The van der Waals surface area contributed by atoms with E-state index in [-0.39, 0.29) is 16.7 Å². The van der Waals surface area contributed by atoms with Gasteiger partial charge in [-0.3, -0.25) is 9.59 Å². The highest BCUT2D eigenvalue weighted by atomic mass is 32.2. The molecule has 31 heavy (non-hydrogen) atoms. The summed E-state index contributed by atoms with van der Waals surface area (Å²) in [6.07, 6.45) is 1.12. The van der Waals surface area contributed by atoms with Crippen molar-refractivity contribution in [2.24, 2.45) is 0 Å². The second-order valence-corrected chi connectivity index (χ2v) is 9.27. The Bertz CT molecular complexity index is 1250. The number of rotatable bonds is 5. The van der Waals surface area contributed by atoms with Crippen LogP contribution in [-0.4, -0.2) is 26.5 Å². The normalized spacial score (nSPS) is 12.8. The van der Waals surface area contributed by atoms with E-state index < -0.39 is 9.84 Å². The molecule has 7 nitrogen and oxygen atoms in total. The standard InChI is InChI=1S/C23H20N2O5S/c1-31(28,29)21-10-8-20(9-11-21)24-22(26)15-4-6-19(7-5-15)25-23(27)16-2-3-17-13-30-14-18(17)12-16/h2-12H,13-14H2,1H3,(H,24,26)(H,25,27). The van der Waals surface area contributed by atoms with Gasteiger partial charge in [0.15, 0.2) is 9.84 Å². The number of anilines is 2. The lowest BCUT2D eigenvalue weighted by Crippen LogP contribution is -2.14. The van der Waals surface area contributed by atoms with Gasteiger partial charge >= 0.3 is 0 Å². The Morgan fingerprint density at radius 2 is 1.26 bits per heavy atom. The number of carbonyl (C=O) groups excluding carboxylic acids is 2. The van der Waals surface area contributed by atoms with Crippen molar-refractivity contribution in [3.63, 3.8) is 0 Å². The second-order valence-electron chi connectivity index (χ2n) is 7.26. The van der Waals surface area contributed by atoms with E-state index in [4.69, 9.17) is 4.74 Å². The predicted molar refractivity (Wildman–Crippen MR) is 117 cm³/mol. The van der Waals surface area contributed by atoms with Crippen LogP contribution in [0.25, 0.3) is 0 Å². The fourth-order valence-electron chi connectivity index (χ4n) is 3.21. The van der Waals surface area contributed by atoms with Crippen LogP contribution in [0.1, 0.15) is 31.8 Å². The third kappa shape index (κ3) is 4.82. The van der Waals surface area contributed by atoms with Gasteiger partial charge < -0.3 is 15.4 Å². The van der Waals surface area contributed by atoms with Crippen molar-refractivity contribution in [1.29, 1.82) is 0 Å². The third-order valence-corrected chi connectivity index (χ3v) is 6.06. The lowest BCUT2D eigenvalue weighted by Gasteiger charge is -2.09. The average molecular weight is 436 g/mol. The zero-order valence-electron chi connectivity index (χ0n) is 16.7. The number of hydrogen-bond acceptors (Lipinski definition) is 5. The Kier molecular flexibility index (Phi) is 5.58. The van der Waals surface area contributed by atoms with E-state index in [1.807, 2.05) is 12.1 Å². The molecule has 0 saturated carbocycles. The Morgan fingerprint density at radius 3 is 1.87 bits per heavy atom. The molecule has 1 heterocycles. The molecule has 0 spiro atoms. The van der Waals surface area contributed by atoms with Crippen LogP contribution in [-0.2, 0) is 27.8 Å². The van der Waals surface area contributed by atoms with Gasteiger partial charge in [0.25, 0.3) is 11.8 Å². The first-order valence-electron chi connectivity index (χ1n) is 9.52. The van der Waals surface area contributed by atoms with Gasteiger partial charge in [-0.05, 0) is 71.8 Å². The van der Waals surface area contributed by atoms with E-state index in [0.29, 0.717) is 35.7 Å². The monoisotopic (exact) mass is 436 g/mol. The van der Waals surface area contributed by atoms with Crippen LogP contribution in [0.15, 0.2) is 71.6 Å². The molecular weight excluding hydrogens is 416 g/mol. The number of ether oxygens (including phenoxy) is 1. The first-order chi connectivity index (χ1) is 14.8. The fourth-order valence-corrected chi connectivity index (χ4v) is 3.84. The molecule has 0 unspecified atom stereocenters. The minimum Gasteiger partial charge on any atom is -0.372 e. The molecule has 1 aliphatic rings. The maximum Gasteiger partial charge on any atom is 0.255 e.